The van der Waals surface area contributed by atoms with E-state index in [9.17, 15) is 14.0 Å². The van der Waals surface area contributed by atoms with Crippen molar-refractivity contribution in [1.82, 2.24) is 4.57 Å². The van der Waals surface area contributed by atoms with Crippen LogP contribution in [0.4, 0.5) is 4.39 Å². The molecule has 1 N–H and O–H groups in total. The second kappa shape index (κ2) is 7.35. The van der Waals surface area contributed by atoms with Gasteiger partial charge >= 0.3 is 5.97 Å². The zero-order valence-electron chi connectivity index (χ0n) is 14.7. The van der Waals surface area contributed by atoms with Crippen LogP contribution in [-0.2, 0) is 0 Å². The Morgan fingerprint density at radius 1 is 0.931 bits per heavy atom. The van der Waals surface area contributed by atoms with E-state index >= 15 is 0 Å². The smallest absolute Gasteiger partial charge is 0.335 e. The molecule has 29 heavy (non-hydrogen) atoms. The van der Waals surface area contributed by atoms with E-state index in [1.165, 1.54) is 30.3 Å². The molecule has 0 bridgehead atoms. The number of aromatic carboxylic acids is 1. The predicted molar refractivity (Wildman–Crippen MR) is 110 cm³/mol. The molecule has 0 aliphatic carbocycles. The zero-order valence-corrected chi connectivity index (χ0v) is 16.2. The minimum Gasteiger partial charge on any atom is -0.478 e. The van der Waals surface area contributed by atoms with Crippen LogP contribution in [0.5, 0.6) is 0 Å². The summed E-state index contributed by atoms with van der Waals surface area (Å²) >= 11 is 12.4. The third kappa shape index (κ3) is 3.39. The molecule has 0 aliphatic rings. The van der Waals surface area contributed by atoms with Gasteiger partial charge in [-0.3, -0.25) is 4.79 Å². The first-order valence-corrected chi connectivity index (χ1v) is 9.25. The maximum atomic E-state index is 13.9. The Kier molecular flexibility index (Phi) is 4.86. The van der Waals surface area contributed by atoms with E-state index in [1.807, 2.05) is 0 Å². The summed E-state index contributed by atoms with van der Waals surface area (Å²) < 4.78 is 15.6. The summed E-state index contributed by atoms with van der Waals surface area (Å²) in [6.45, 7) is 0. The van der Waals surface area contributed by atoms with Gasteiger partial charge in [0.05, 0.1) is 26.7 Å². The van der Waals surface area contributed by atoms with Gasteiger partial charge in [0.25, 0.3) is 0 Å². The van der Waals surface area contributed by atoms with Gasteiger partial charge < -0.3 is 9.67 Å². The summed E-state index contributed by atoms with van der Waals surface area (Å²) in [5.74, 6) is -1.91. The molecule has 144 valence electrons. The Labute approximate surface area is 174 Å². The van der Waals surface area contributed by atoms with Gasteiger partial charge in [0.1, 0.15) is 5.82 Å². The van der Waals surface area contributed by atoms with Crippen molar-refractivity contribution in [2.24, 2.45) is 0 Å². The molecule has 4 aromatic rings. The predicted octanol–water partition coefficient (Wildman–Crippen LogP) is 6.01. The number of carbonyl (C=O) groups excluding carboxylic acids is 1. The number of hydrogen-bond acceptors (Lipinski definition) is 2. The lowest BCUT2D eigenvalue weighted by Gasteiger charge is -2.06. The molecule has 0 amide bonds. The third-order valence-corrected chi connectivity index (χ3v) is 5.22. The van der Waals surface area contributed by atoms with Crippen LogP contribution in [0.2, 0.25) is 10.0 Å². The fourth-order valence-electron chi connectivity index (χ4n) is 3.21. The maximum absolute atomic E-state index is 13.9. The first-order chi connectivity index (χ1) is 13.9. The lowest BCUT2D eigenvalue weighted by Crippen LogP contribution is -2.03. The standard InChI is InChI=1S/C22H12Cl2FNO3/c23-17-2-1-3-18(24)20(17)21(27)16-11-26(19-10-13(25)6-9-15(16)19)14-7-4-12(5-8-14)22(28)29/h1-11H,(H,28,29). The molecule has 0 saturated carbocycles. The summed E-state index contributed by atoms with van der Waals surface area (Å²) in [4.78, 5) is 24.3. The van der Waals surface area contributed by atoms with E-state index in [-0.39, 0.29) is 21.2 Å². The number of fused-ring (bicyclic) bond motifs is 1. The molecule has 0 radical (unpaired) electrons. The molecule has 7 heteroatoms. The van der Waals surface area contributed by atoms with Gasteiger partial charge in [-0.15, -0.1) is 0 Å². The highest BCUT2D eigenvalue weighted by Gasteiger charge is 2.22. The Morgan fingerprint density at radius 2 is 1.59 bits per heavy atom. The fourth-order valence-corrected chi connectivity index (χ4v) is 3.78. The number of ketones is 1. The Morgan fingerprint density at radius 3 is 2.21 bits per heavy atom. The molecular formula is C22H12Cl2FNO3. The molecule has 4 nitrogen and oxygen atoms in total. The van der Waals surface area contributed by atoms with Crippen LogP contribution in [-0.4, -0.2) is 21.4 Å². The first-order valence-electron chi connectivity index (χ1n) is 8.50. The summed E-state index contributed by atoms with van der Waals surface area (Å²) in [5.41, 5.74) is 1.63. The molecule has 0 atom stereocenters. The average Bonchev–Trinajstić information content (AvgIpc) is 3.06. The van der Waals surface area contributed by atoms with Gasteiger partial charge in [0, 0.05) is 22.8 Å². The number of hydrogen-bond donors (Lipinski definition) is 1. The summed E-state index contributed by atoms with van der Waals surface area (Å²) in [5, 5.41) is 10.0. The number of halogens is 3. The van der Waals surface area contributed by atoms with Crippen molar-refractivity contribution in [3.63, 3.8) is 0 Å². The minimum atomic E-state index is -1.05. The van der Waals surface area contributed by atoms with Crippen LogP contribution in [0.1, 0.15) is 26.3 Å². The van der Waals surface area contributed by atoms with Crippen LogP contribution in [0.3, 0.4) is 0 Å². The van der Waals surface area contributed by atoms with E-state index < -0.39 is 17.6 Å². The van der Waals surface area contributed by atoms with E-state index in [4.69, 9.17) is 28.3 Å². The van der Waals surface area contributed by atoms with Gasteiger partial charge in [-0.05, 0) is 54.6 Å². The van der Waals surface area contributed by atoms with Crippen molar-refractivity contribution in [2.75, 3.05) is 0 Å². The number of rotatable bonds is 4. The highest BCUT2D eigenvalue weighted by molar-refractivity contribution is 6.41. The number of carboxylic acid groups (broad SMARTS) is 1. The Balaban J connectivity index is 1.93. The van der Waals surface area contributed by atoms with Gasteiger partial charge in [0.2, 0.25) is 0 Å². The highest BCUT2D eigenvalue weighted by atomic mass is 35.5. The lowest BCUT2D eigenvalue weighted by molar-refractivity contribution is 0.0696. The maximum Gasteiger partial charge on any atom is 0.335 e. The molecular weight excluding hydrogens is 416 g/mol. The van der Waals surface area contributed by atoms with E-state index in [0.717, 1.165) is 0 Å². The van der Waals surface area contributed by atoms with Gasteiger partial charge in [-0.1, -0.05) is 29.3 Å². The van der Waals surface area contributed by atoms with Crippen molar-refractivity contribution >= 4 is 45.9 Å². The monoisotopic (exact) mass is 427 g/mol. The van der Waals surface area contributed by atoms with Crippen molar-refractivity contribution in [3.05, 3.63) is 99.4 Å². The summed E-state index contributed by atoms with van der Waals surface area (Å²) in [6, 6.07) is 14.9. The summed E-state index contributed by atoms with van der Waals surface area (Å²) in [6.07, 6.45) is 1.57. The first kappa shape index (κ1) is 19.2. The molecule has 4 rings (SSSR count). The van der Waals surface area contributed by atoms with E-state index in [2.05, 4.69) is 0 Å². The quantitative estimate of drug-likeness (QED) is 0.406. The van der Waals surface area contributed by atoms with Crippen LogP contribution in [0.15, 0.2) is 66.9 Å². The highest BCUT2D eigenvalue weighted by Crippen LogP contribution is 2.32. The third-order valence-electron chi connectivity index (χ3n) is 4.59. The van der Waals surface area contributed by atoms with Crippen molar-refractivity contribution in [2.45, 2.75) is 0 Å². The Bertz CT molecular complexity index is 1260. The number of carbonyl (C=O) groups is 2. The van der Waals surface area contributed by atoms with Crippen molar-refractivity contribution in [3.8, 4) is 5.69 Å². The van der Waals surface area contributed by atoms with E-state index in [1.54, 1.807) is 41.1 Å². The van der Waals surface area contributed by atoms with E-state index in [0.29, 0.717) is 22.2 Å². The number of carboxylic acids is 1. The largest absolute Gasteiger partial charge is 0.478 e. The molecule has 0 saturated heterocycles. The van der Waals surface area contributed by atoms with Crippen LogP contribution < -0.4 is 0 Å². The van der Waals surface area contributed by atoms with Gasteiger partial charge in [-0.2, -0.15) is 0 Å². The fraction of sp³-hybridized carbons (Fsp3) is 0. The molecule has 0 spiro atoms. The normalized spacial score (nSPS) is 11.0. The second-order valence-electron chi connectivity index (χ2n) is 6.35. The zero-order chi connectivity index (χ0) is 20.7. The van der Waals surface area contributed by atoms with Crippen LogP contribution >= 0.6 is 23.2 Å². The average molecular weight is 428 g/mol. The van der Waals surface area contributed by atoms with Gasteiger partial charge in [-0.25, -0.2) is 9.18 Å². The molecule has 0 unspecified atom stereocenters. The molecule has 0 fully saturated rings. The SMILES string of the molecule is O=C(O)c1ccc(-n2cc(C(=O)c3c(Cl)cccc3Cl)c3ccc(F)cc32)cc1. The Hall–Kier alpha value is -3.15. The topological polar surface area (TPSA) is 59.3 Å². The summed E-state index contributed by atoms with van der Waals surface area (Å²) in [7, 11) is 0. The lowest BCUT2D eigenvalue weighted by atomic mass is 10.0. The van der Waals surface area contributed by atoms with Crippen molar-refractivity contribution < 1.29 is 19.1 Å². The molecule has 1 heterocycles. The second-order valence-corrected chi connectivity index (χ2v) is 7.17. The number of aromatic nitrogens is 1. The molecule has 0 aliphatic heterocycles. The van der Waals surface area contributed by atoms with Crippen LogP contribution in [0, 0.1) is 5.82 Å². The molecule has 1 aromatic heterocycles. The van der Waals surface area contributed by atoms with Crippen LogP contribution in [0.25, 0.3) is 16.6 Å². The minimum absolute atomic E-state index is 0.121. The molecule has 3 aromatic carbocycles. The van der Waals surface area contributed by atoms with Gasteiger partial charge in [0.15, 0.2) is 5.78 Å². The number of benzene rings is 3. The number of nitrogens with zero attached hydrogens (tertiary/aromatic N) is 1. The van der Waals surface area contributed by atoms with Crippen molar-refractivity contribution in [1.29, 1.82) is 0 Å².